The van der Waals surface area contributed by atoms with Crippen molar-refractivity contribution in [1.82, 2.24) is 10.3 Å². The fourth-order valence-corrected chi connectivity index (χ4v) is 4.28. The van der Waals surface area contributed by atoms with Crippen LogP contribution in [-0.4, -0.2) is 31.0 Å². The van der Waals surface area contributed by atoms with Crippen molar-refractivity contribution in [2.24, 2.45) is 0 Å². The van der Waals surface area contributed by atoms with Gasteiger partial charge in [0.15, 0.2) is 0 Å². The number of nitrogens with one attached hydrogen (secondary N) is 1. The van der Waals surface area contributed by atoms with Crippen LogP contribution >= 0.6 is 0 Å². The number of anilines is 1. The summed E-state index contributed by atoms with van der Waals surface area (Å²) in [6.07, 6.45) is 3.88. The Hall–Kier alpha value is -3.14. The maximum Gasteiger partial charge on any atom is 0.251 e. The number of piperidine rings is 1. The SMILES string of the molecule is CNC(=O)c1ccnc(N2CCCC(c3ccccc3)(c3ccccc3)C2)c1. The molecule has 4 nitrogen and oxygen atoms in total. The number of carbonyl (C=O) groups excluding carboxylic acids is 1. The number of pyridine rings is 1. The van der Waals surface area contributed by atoms with Gasteiger partial charge in [-0.1, -0.05) is 60.7 Å². The van der Waals surface area contributed by atoms with Crippen molar-refractivity contribution in [3.8, 4) is 0 Å². The van der Waals surface area contributed by atoms with Crippen LogP contribution in [0.15, 0.2) is 79.0 Å². The highest BCUT2D eigenvalue weighted by molar-refractivity contribution is 5.94. The third-order valence-electron chi connectivity index (χ3n) is 5.70. The minimum absolute atomic E-state index is 0.0851. The summed E-state index contributed by atoms with van der Waals surface area (Å²) in [6, 6.07) is 25.2. The fraction of sp³-hybridized carbons (Fsp3) is 0.250. The molecule has 1 aliphatic rings. The van der Waals surface area contributed by atoms with Gasteiger partial charge in [0, 0.05) is 37.3 Å². The van der Waals surface area contributed by atoms with E-state index in [-0.39, 0.29) is 11.3 Å². The molecule has 1 N–H and O–H groups in total. The minimum Gasteiger partial charge on any atom is -0.355 e. The number of carbonyl (C=O) groups is 1. The summed E-state index contributed by atoms with van der Waals surface area (Å²) in [5.41, 5.74) is 3.20. The van der Waals surface area contributed by atoms with Crippen molar-refractivity contribution in [2.45, 2.75) is 18.3 Å². The molecule has 0 atom stereocenters. The Morgan fingerprint density at radius 1 is 1.00 bits per heavy atom. The minimum atomic E-state index is -0.0918. The van der Waals surface area contributed by atoms with Crippen molar-refractivity contribution < 1.29 is 4.79 Å². The van der Waals surface area contributed by atoms with Gasteiger partial charge >= 0.3 is 0 Å². The van der Waals surface area contributed by atoms with Crippen LogP contribution in [0.3, 0.4) is 0 Å². The van der Waals surface area contributed by atoms with Gasteiger partial charge < -0.3 is 10.2 Å². The van der Waals surface area contributed by atoms with Crippen molar-refractivity contribution in [3.05, 3.63) is 95.7 Å². The van der Waals surface area contributed by atoms with Crippen LogP contribution in [0, 0.1) is 0 Å². The zero-order valence-electron chi connectivity index (χ0n) is 16.1. The number of hydrogen-bond acceptors (Lipinski definition) is 3. The van der Waals surface area contributed by atoms with Gasteiger partial charge in [-0.25, -0.2) is 4.98 Å². The van der Waals surface area contributed by atoms with E-state index >= 15 is 0 Å². The summed E-state index contributed by atoms with van der Waals surface area (Å²) < 4.78 is 0. The molecule has 1 aromatic heterocycles. The molecule has 1 amide bonds. The summed E-state index contributed by atoms with van der Waals surface area (Å²) in [6.45, 7) is 1.77. The Bertz CT molecular complexity index is 901. The molecule has 1 aliphatic heterocycles. The van der Waals surface area contributed by atoms with E-state index in [1.165, 1.54) is 11.1 Å². The molecular formula is C24H25N3O. The zero-order chi connectivity index (χ0) is 19.4. The van der Waals surface area contributed by atoms with E-state index in [2.05, 4.69) is 75.9 Å². The molecule has 0 spiro atoms. The monoisotopic (exact) mass is 371 g/mol. The lowest BCUT2D eigenvalue weighted by Gasteiger charge is -2.44. The molecule has 0 aliphatic carbocycles. The molecule has 0 radical (unpaired) electrons. The quantitative estimate of drug-likeness (QED) is 0.753. The predicted octanol–water partition coefficient (Wildman–Crippen LogP) is 4.03. The number of aromatic nitrogens is 1. The average Bonchev–Trinajstić information content (AvgIpc) is 2.80. The average molecular weight is 371 g/mol. The van der Waals surface area contributed by atoms with E-state index in [1.54, 1.807) is 19.3 Å². The molecule has 0 unspecified atom stereocenters. The van der Waals surface area contributed by atoms with Crippen LogP contribution in [0.1, 0.15) is 34.3 Å². The molecule has 4 heteroatoms. The second kappa shape index (κ2) is 7.85. The molecule has 1 saturated heterocycles. The third-order valence-corrected chi connectivity index (χ3v) is 5.70. The van der Waals surface area contributed by atoms with E-state index in [4.69, 9.17) is 0 Å². The molecule has 28 heavy (non-hydrogen) atoms. The molecule has 142 valence electrons. The first kappa shape index (κ1) is 18.2. The van der Waals surface area contributed by atoms with Gasteiger partial charge in [0.25, 0.3) is 5.91 Å². The Labute approximate surface area is 166 Å². The van der Waals surface area contributed by atoms with Gasteiger partial charge in [-0.2, -0.15) is 0 Å². The van der Waals surface area contributed by atoms with E-state index in [9.17, 15) is 4.79 Å². The van der Waals surface area contributed by atoms with Gasteiger partial charge in [0.1, 0.15) is 5.82 Å². The molecule has 3 aromatic rings. The second-order valence-corrected chi connectivity index (χ2v) is 7.32. The number of benzene rings is 2. The topological polar surface area (TPSA) is 45.2 Å². The number of rotatable bonds is 4. The number of amides is 1. The lowest BCUT2D eigenvalue weighted by molar-refractivity contribution is 0.0963. The van der Waals surface area contributed by atoms with Crippen LogP contribution in [0.2, 0.25) is 0 Å². The van der Waals surface area contributed by atoms with Gasteiger partial charge in [0.05, 0.1) is 0 Å². The van der Waals surface area contributed by atoms with Crippen molar-refractivity contribution >= 4 is 11.7 Å². The molecule has 1 fully saturated rings. The molecule has 4 rings (SSSR count). The highest BCUT2D eigenvalue weighted by atomic mass is 16.1. The summed E-state index contributed by atoms with van der Waals surface area (Å²) in [5.74, 6) is 0.773. The largest absolute Gasteiger partial charge is 0.355 e. The van der Waals surface area contributed by atoms with E-state index in [0.717, 1.165) is 31.7 Å². The Balaban J connectivity index is 1.75. The van der Waals surface area contributed by atoms with E-state index in [0.29, 0.717) is 5.56 Å². The van der Waals surface area contributed by atoms with Gasteiger partial charge in [-0.05, 0) is 36.1 Å². The predicted molar refractivity (Wildman–Crippen MR) is 113 cm³/mol. The van der Waals surface area contributed by atoms with E-state index < -0.39 is 0 Å². The summed E-state index contributed by atoms with van der Waals surface area (Å²) >= 11 is 0. The van der Waals surface area contributed by atoms with Crippen molar-refractivity contribution in [1.29, 1.82) is 0 Å². The maximum atomic E-state index is 12.1. The first-order valence-electron chi connectivity index (χ1n) is 9.77. The lowest BCUT2D eigenvalue weighted by Crippen LogP contribution is -2.47. The van der Waals surface area contributed by atoms with Crippen LogP contribution < -0.4 is 10.2 Å². The smallest absolute Gasteiger partial charge is 0.251 e. The second-order valence-electron chi connectivity index (χ2n) is 7.32. The first-order valence-corrected chi connectivity index (χ1v) is 9.77. The summed E-state index contributed by atoms with van der Waals surface area (Å²) in [4.78, 5) is 19.0. The first-order chi connectivity index (χ1) is 13.7. The highest BCUT2D eigenvalue weighted by Crippen LogP contribution is 2.41. The molecule has 0 saturated carbocycles. The summed E-state index contributed by atoms with van der Waals surface area (Å²) in [7, 11) is 1.65. The van der Waals surface area contributed by atoms with Gasteiger partial charge in [-0.15, -0.1) is 0 Å². The van der Waals surface area contributed by atoms with Gasteiger partial charge in [0.2, 0.25) is 0 Å². The normalized spacial score (nSPS) is 15.8. The van der Waals surface area contributed by atoms with Crippen molar-refractivity contribution in [2.75, 3.05) is 25.0 Å². The Kier molecular flexibility index (Phi) is 5.11. The molecule has 0 bridgehead atoms. The van der Waals surface area contributed by atoms with Crippen LogP contribution in [-0.2, 0) is 5.41 Å². The zero-order valence-corrected chi connectivity index (χ0v) is 16.1. The number of nitrogens with zero attached hydrogens (tertiary/aromatic N) is 2. The fourth-order valence-electron chi connectivity index (χ4n) is 4.28. The molecular weight excluding hydrogens is 346 g/mol. The van der Waals surface area contributed by atoms with Crippen LogP contribution in [0.4, 0.5) is 5.82 Å². The van der Waals surface area contributed by atoms with Gasteiger partial charge in [-0.3, -0.25) is 4.79 Å². The Morgan fingerprint density at radius 2 is 1.64 bits per heavy atom. The molecule has 2 heterocycles. The standard InChI is InChI=1S/C24H25N3O/c1-25-23(28)19-13-15-26-22(17-19)27-16-8-14-24(18-27,20-9-4-2-5-10-20)21-11-6-3-7-12-21/h2-7,9-13,15,17H,8,14,16,18H2,1H3,(H,25,28). The third kappa shape index (κ3) is 3.38. The Morgan fingerprint density at radius 3 is 2.25 bits per heavy atom. The number of hydrogen-bond donors (Lipinski definition) is 1. The lowest BCUT2D eigenvalue weighted by atomic mass is 9.69. The maximum absolute atomic E-state index is 12.1. The van der Waals surface area contributed by atoms with Crippen LogP contribution in [0.25, 0.3) is 0 Å². The molecule has 2 aromatic carbocycles. The summed E-state index contributed by atoms with van der Waals surface area (Å²) in [5, 5.41) is 2.69. The van der Waals surface area contributed by atoms with Crippen LogP contribution in [0.5, 0.6) is 0 Å². The highest BCUT2D eigenvalue weighted by Gasteiger charge is 2.39. The van der Waals surface area contributed by atoms with Crippen molar-refractivity contribution in [3.63, 3.8) is 0 Å². The van der Waals surface area contributed by atoms with E-state index in [1.807, 2.05) is 6.07 Å².